The molecule has 5 rings (SSSR count). The van der Waals surface area contributed by atoms with E-state index in [0.29, 0.717) is 6.42 Å². The summed E-state index contributed by atoms with van der Waals surface area (Å²) in [7, 11) is 0. The Bertz CT molecular complexity index is 1110. The van der Waals surface area contributed by atoms with Gasteiger partial charge in [-0.15, -0.1) is 0 Å². The number of allylic oxidation sites excluding steroid dienone is 2. The summed E-state index contributed by atoms with van der Waals surface area (Å²) in [6, 6.07) is 1.85. The maximum atomic E-state index is 12.9. The standard InChI is InChI=1S/C28H34O6/c1-16(29)33-22-13-19-25(2,3)21(30)8-11-26(19,4)18-7-10-27(5)20(28(18,22)6)14-23(31)34-24(27)17-9-12-32-15-17/h8-9,11-12,14-15,18-19,22,24H,7,10,13H2,1-6H3/t18?,19?,22?,24?,26-,27-,28-/m1/s1. The number of esters is 2. The van der Waals surface area contributed by atoms with Gasteiger partial charge in [-0.25, -0.2) is 4.79 Å². The Balaban J connectivity index is 1.70. The van der Waals surface area contributed by atoms with Gasteiger partial charge in [0.15, 0.2) is 5.78 Å². The second-order valence-corrected chi connectivity index (χ2v) is 11.9. The first-order chi connectivity index (χ1) is 15.8. The Kier molecular flexibility index (Phi) is 4.89. The molecule has 2 saturated carbocycles. The van der Waals surface area contributed by atoms with Crippen LogP contribution in [-0.4, -0.2) is 23.8 Å². The van der Waals surface area contributed by atoms with Crippen molar-refractivity contribution in [2.45, 2.75) is 73.0 Å². The molecule has 1 aliphatic heterocycles. The second kappa shape index (κ2) is 7.19. The minimum absolute atomic E-state index is 0.0186. The summed E-state index contributed by atoms with van der Waals surface area (Å²) in [6.07, 6.45) is 10.0. The Morgan fingerprint density at radius 3 is 2.50 bits per heavy atom. The fourth-order valence-electron chi connectivity index (χ4n) is 8.16. The molecule has 0 N–H and O–H groups in total. The normalized spacial score (nSPS) is 42.6. The van der Waals surface area contributed by atoms with E-state index in [1.165, 1.54) is 6.92 Å². The number of furan rings is 1. The number of carbonyl (C=O) groups is 3. The fourth-order valence-corrected chi connectivity index (χ4v) is 8.16. The van der Waals surface area contributed by atoms with Crippen LogP contribution in [0.15, 0.2) is 46.8 Å². The first-order valence-electron chi connectivity index (χ1n) is 12.2. The number of carbonyl (C=O) groups excluding carboxylic acids is 3. The number of cyclic esters (lactones) is 1. The molecule has 0 aromatic carbocycles. The third kappa shape index (κ3) is 2.89. The topological polar surface area (TPSA) is 82.8 Å². The summed E-state index contributed by atoms with van der Waals surface area (Å²) in [5.41, 5.74) is -0.0920. The van der Waals surface area contributed by atoms with Gasteiger partial charge in [-0.05, 0) is 54.2 Å². The number of hydrogen-bond acceptors (Lipinski definition) is 6. The quantitative estimate of drug-likeness (QED) is 0.547. The van der Waals surface area contributed by atoms with E-state index in [9.17, 15) is 14.4 Å². The minimum atomic E-state index is -0.591. The van der Waals surface area contributed by atoms with Crippen LogP contribution in [0.25, 0.3) is 0 Å². The van der Waals surface area contributed by atoms with Crippen molar-refractivity contribution in [3.05, 3.63) is 48.0 Å². The van der Waals surface area contributed by atoms with Crippen LogP contribution >= 0.6 is 0 Å². The number of rotatable bonds is 2. The van der Waals surface area contributed by atoms with Gasteiger partial charge in [-0.1, -0.05) is 40.7 Å². The van der Waals surface area contributed by atoms with Crippen LogP contribution in [0.4, 0.5) is 0 Å². The Morgan fingerprint density at radius 1 is 1.12 bits per heavy atom. The summed E-state index contributed by atoms with van der Waals surface area (Å²) in [6.45, 7) is 12.0. The van der Waals surface area contributed by atoms with Crippen molar-refractivity contribution in [3.63, 3.8) is 0 Å². The molecule has 6 nitrogen and oxygen atoms in total. The molecule has 0 amide bonds. The van der Waals surface area contributed by atoms with Crippen molar-refractivity contribution in [1.29, 1.82) is 0 Å². The van der Waals surface area contributed by atoms with E-state index in [-0.39, 0.29) is 35.0 Å². The number of ketones is 1. The molecule has 3 aliphatic carbocycles. The van der Waals surface area contributed by atoms with E-state index in [1.807, 2.05) is 19.9 Å². The molecule has 0 bridgehead atoms. The van der Waals surface area contributed by atoms with Gasteiger partial charge in [-0.3, -0.25) is 9.59 Å². The number of ether oxygens (including phenoxy) is 2. The van der Waals surface area contributed by atoms with Crippen molar-refractivity contribution in [2.75, 3.05) is 0 Å². The van der Waals surface area contributed by atoms with Crippen LogP contribution < -0.4 is 0 Å². The molecular weight excluding hydrogens is 432 g/mol. The third-order valence-electron chi connectivity index (χ3n) is 9.82. The summed E-state index contributed by atoms with van der Waals surface area (Å²) in [5.74, 6) is -0.515. The van der Waals surface area contributed by atoms with Crippen LogP contribution in [0.5, 0.6) is 0 Å². The third-order valence-corrected chi connectivity index (χ3v) is 9.82. The molecule has 2 fully saturated rings. The maximum Gasteiger partial charge on any atom is 0.331 e. The summed E-state index contributed by atoms with van der Waals surface area (Å²) in [4.78, 5) is 38.1. The van der Waals surface area contributed by atoms with Gasteiger partial charge in [0.1, 0.15) is 12.2 Å². The fraction of sp³-hybridized carbons (Fsp3) is 0.607. The highest BCUT2D eigenvalue weighted by molar-refractivity contribution is 5.96. The summed E-state index contributed by atoms with van der Waals surface area (Å²) in [5, 5.41) is 0. The maximum absolute atomic E-state index is 12.9. The van der Waals surface area contributed by atoms with Gasteiger partial charge in [0.25, 0.3) is 0 Å². The molecule has 0 saturated heterocycles. The molecule has 0 spiro atoms. The van der Waals surface area contributed by atoms with Gasteiger partial charge in [0.05, 0.1) is 12.5 Å². The van der Waals surface area contributed by atoms with Crippen molar-refractivity contribution < 1.29 is 28.3 Å². The Hall–Kier alpha value is -2.63. The van der Waals surface area contributed by atoms with E-state index >= 15 is 0 Å². The minimum Gasteiger partial charge on any atom is -0.472 e. The molecule has 4 aliphatic rings. The second-order valence-electron chi connectivity index (χ2n) is 11.9. The van der Waals surface area contributed by atoms with Crippen LogP contribution in [0, 0.1) is 33.5 Å². The van der Waals surface area contributed by atoms with Gasteiger partial charge in [0, 0.05) is 34.8 Å². The lowest BCUT2D eigenvalue weighted by atomic mass is 9.38. The predicted octanol–water partition coefficient (Wildman–Crippen LogP) is 5.35. The van der Waals surface area contributed by atoms with Gasteiger partial charge >= 0.3 is 11.9 Å². The smallest absolute Gasteiger partial charge is 0.331 e. The van der Waals surface area contributed by atoms with Crippen molar-refractivity contribution in [3.8, 4) is 0 Å². The molecule has 7 atom stereocenters. The monoisotopic (exact) mass is 466 g/mol. The highest BCUT2D eigenvalue weighted by Gasteiger charge is 2.69. The van der Waals surface area contributed by atoms with E-state index < -0.39 is 28.5 Å². The predicted molar refractivity (Wildman–Crippen MR) is 124 cm³/mol. The molecule has 1 aromatic heterocycles. The number of fused-ring (bicyclic) bond motifs is 5. The van der Waals surface area contributed by atoms with Crippen LogP contribution in [0.2, 0.25) is 0 Å². The molecule has 4 unspecified atom stereocenters. The summed E-state index contributed by atoms with van der Waals surface area (Å²) >= 11 is 0. The Labute approximate surface area is 200 Å². The molecule has 34 heavy (non-hydrogen) atoms. The van der Waals surface area contributed by atoms with Crippen molar-refractivity contribution in [2.24, 2.45) is 33.5 Å². The summed E-state index contributed by atoms with van der Waals surface area (Å²) < 4.78 is 17.3. The van der Waals surface area contributed by atoms with Gasteiger partial charge in [0.2, 0.25) is 0 Å². The highest BCUT2D eigenvalue weighted by atomic mass is 16.6. The molecule has 2 heterocycles. The first kappa shape index (κ1) is 23.1. The highest BCUT2D eigenvalue weighted by Crippen LogP contribution is 2.71. The zero-order valence-electron chi connectivity index (χ0n) is 20.8. The average molecular weight is 467 g/mol. The van der Waals surface area contributed by atoms with Crippen LogP contribution in [-0.2, 0) is 23.9 Å². The first-order valence-corrected chi connectivity index (χ1v) is 12.2. The van der Waals surface area contributed by atoms with E-state index in [1.54, 1.807) is 24.7 Å². The zero-order chi connectivity index (χ0) is 24.7. The lowest BCUT2D eigenvalue weighted by Crippen LogP contribution is -2.65. The van der Waals surface area contributed by atoms with Gasteiger partial charge in [-0.2, -0.15) is 0 Å². The lowest BCUT2D eigenvalue weighted by Gasteiger charge is -2.67. The zero-order valence-corrected chi connectivity index (χ0v) is 20.8. The molecule has 0 radical (unpaired) electrons. The molecule has 182 valence electrons. The number of hydrogen-bond donors (Lipinski definition) is 0. The van der Waals surface area contributed by atoms with Crippen LogP contribution in [0.1, 0.15) is 72.5 Å². The molecule has 1 aromatic rings. The van der Waals surface area contributed by atoms with Crippen molar-refractivity contribution >= 4 is 17.7 Å². The van der Waals surface area contributed by atoms with Gasteiger partial charge < -0.3 is 13.9 Å². The van der Waals surface area contributed by atoms with Crippen molar-refractivity contribution in [1.82, 2.24) is 0 Å². The average Bonchev–Trinajstić information content (AvgIpc) is 3.28. The van der Waals surface area contributed by atoms with E-state index in [0.717, 1.165) is 24.0 Å². The molecular formula is C28H34O6. The van der Waals surface area contributed by atoms with Crippen LogP contribution in [0.3, 0.4) is 0 Å². The Morgan fingerprint density at radius 2 is 1.85 bits per heavy atom. The van der Waals surface area contributed by atoms with E-state index in [4.69, 9.17) is 13.9 Å². The lowest BCUT2D eigenvalue weighted by molar-refractivity contribution is -0.195. The largest absolute Gasteiger partial charge is 0.472 e. The molecule has 6 heteroatoms. The van der Waals surface area contributed by atoms with E-state index in [2.05, 4.69) is 26.8 Å². The SMILES string of the molecule is CC(=O)OC1CC2C(C)(C)C(=O)C=C[C@]2(C)C2CC[C@]3(C)C(=CC(=O)OC3c3ccoc3)[C@]12C.